The van der Waals surface area contributed by atoms with Gasteiger partial charge in [-0.3, -0.25) is 0 Å². The second kappa shape index (κ2) is 10.0. The quantitative estimate of drug-likeness (QED) is 0.426. The third-order valence-electron chi connectivity index (χ3n) is 2.71. The summed E-state index contributed by atoms with van der Waals surface area (Å²) >= 11 is 0. The molecule has 4 nitrogen and oxygen atoms in total. The zero-order valence-electron chi connectivity index (χ0n) is 11.6. The van der Waals surface area contributed by atoms with E-state index in [1.165, 1.54) is 0 Å². The van der Waals surface area contributed by atoms with Gasteiger partial charge in [-0.05, 0) is 43.5 Å². The van der Waals surface area contributed by atoms with Gasteiger partial charge in [-0.25, -0.2) is 4.79 Å². The van der Waals surface area contributed by atoms with Gasteiger partial charge in [-0.1, -0.05) is 18.1 Å². The fourth-order valence-electron chi connectivity index (χ4n) is 1.69. The van der Waals surface area contributed by atoms with Gasteiger partial charge in [-0.15, -0.1) is 6.42 Å². The van der Waals surface area contributed by atoms with E-state index in [2.05, 4.69) is 5.92 Å². The molecule has 0 unspecified atom stereocenters. The predicted octanol–water partition coefficient (Wildman–Crippen LogP) is 2.12. The monoisotopic (exact) mass is 275 g/mol. The van der Waals surface area contributed by atoms with Crippen LogP contribution in [0.5, 0.6) is 0 Å². The van der Waals surface area contributed by atoms with Crippen molar-refractivity contribution < 1.29 is 14.3 Å². The Morgan fingerprint density at radius 3 is 2.90 bits per heavy atom. The van der Waals surface area contributed by atoms with Crippen molar-refractivity contribution in [1.82, 2.24) is 0 Å². The first-order valence-corrected chi connectivity index (χ1v) is 6.75. The molecule has 0 aromatic heterocycles. The van der Waals surface area contributed by atoms with E-state index in [0.29, 0.717) is 18.8 Å². The number of hydrogen-bond acceptors (Lipinski definition) is 4. The van der Waals surface area contributed by atoms with Crippen molar-refractivity contribution in [3.05, 3.63) is 35.4 Å². The zero-order chi connectivity index (χ0) is 14.6. The lowest BCUT2D eigenvalue weighted by Gasteiger charge is -2.06. The summed E-state index contributed by atoms with van der Waals surface area (Å²) in [5, 5.41) is 0. The van der Waals surface area contributed by atoms with E-state index < -0.39 is 5.97 Å². The Morgan fingerprint density at radius 1 is 1.30 bits per heavy atom. The van der Waals surface area contributed by atoms with Crippen LogP contribution in [0, 0.1) is 12.3 Å². The highest BCUT2D eigenvalue weighted by molar-refractivity contribution is 5.89. The summed E-state index contributed by atoms with van der Waals surface area (Å²) in [5.74, 6) is 1.86. The molecule has 1 aromatic carbocycles. The standard InChI is InChI=1S/C16H21NO3/c1-2-10-20-16(18)15-8-6-7-14(12-15)13-19-11-5-3-4-9-17/h1,6-8,12H,3-5,9-11,13,17H2. The highest BCUT2D eigenvalue weighted by Gasteiger charge is 2.06. The Kier molecular flexibility index (Phi) is 8.13. The number of benzene rings is 1. The van der Waals surface area contributed by atoms with Crippen molar-refractivity contribution in [2.24, 2.45) is 5.73 Å². The number of carbonyl (C=O) groups excluding carboxylic acids is 1. The molecule has 0 saturated carbocycles. The molecule has 20 heavy (non-hydrogen) atoms. The second-order valence-electron chi connectivity index (χ2n) is 4.38. The molecule has 0 heterocycles. The lowest BCUT2D eigenvalue weighted by molar-refractivity contribution is 0.0556. The molecule has 0 aliphatic rings. The van der Waals surface area contributed by atoms with Crippen molar-refractivity contribution in [3.63, 3.8) is 0 Å². The van der Waals surface area contributed by atoms with E-state index in [4.69, 9.17) is 21.6 Å². The molecule has 4 heteroatoms. The Labute approximate surface area is 120 Å². The van der Waals surface area contributed by atoms with Gasteiger partial charge in [0, 0.05) is 6.61 Å². The Bertz CT molecular complexity index is 451. The molecule has 108 valence electrons. The maximum absolute atomic E-state index is 11.6. The summed E-state index contributed by atoms with van der Waals surface area (Å²) in [7, 11) is 0. The Morgan fingerprint density at radius 2 is 2.15 bits per heavy atom. The zero-order valence-corrected chi connectivity index (χ0v) is 11.6. The summed E-state index contributed by atoms with van der Waals surface area (Å²) in [6, 6.07) is 7.18. The topological polar surface area (TPSA) is 61.5 Å². The lowest BCUT2D eigenvalue weighted by atomic mass is 10.1. The molecule has 0 radical (unpaired) electrons. The molecule has 0 aliphatic carbocycles. The first-order chi connectivity index (χ1) is 9.77. The molecule has 0 saturated heterocycles. The summed E-state index contributed by atoms with van der Waals surface area (Å²) in [5.41, 5.74) is 6.85. The van der Waals surface area contributed by atoms with Crippen molar-refractivity contribution in [3.8, 4) is 12.3 Å². The van der Waals surface area contributed by atoms with Gasteiger partial charge in [0.2, 0.25) is 0 Å². The summed E-state index contributed by atoms with van der Waals surface area (Å²) in [4.78, 5) is 11.6. The largest absolute Gasteiger partial charge is 0.449 e. The number of hydrogen-bond donors (Lipinski definition) is 1. The van der Waals surface area contributed by atoms with Crippen LogP contribution in [0.3, 0.4) is 0 Å². The minimum atomic E-state index is -0.409. The van der Waals surface area contributed by atoms with Crippen LogP contribution in [0.1, 0.15) is 35.2 Å². The number of rotatable bonds is 9. The van der Waals surface area contributed by atoms with E-state index in [0.717, 1.165) is 31.4 Å². The van der Waals surface area contributed by atoms with E-state index in [9.17, 15) is 4.79 Å². The highest BCUT2D eigenvalue weighted by atomic mass is 16.5. The molecule has 0 aliphatic heterocycles. The Balaban J connectivity index is 2.36. The van der Waals surface area contributed by atoms with Gasteiger partial charge in [-0.2, -0.15) is 0 Å². The van der Waals surface area contributed by atoms with Gasteiger partial charge in [0.1, 0.15) is 0 Å². The molecule has 0 fully saturated rings. The number of terminal acetylenes is 1. The molecule has 0 bridgehead atoms. The van der Waals surface area contributed by atoms with Crippen LogP contribution >= 0.6 is 0 Å². The first kappa shape index (κ1) is 16.2. The maximum Gasteiger partial charge on any atom is 0.339 e. The molecule has 0 spiro atoms. The predicted molar refractivity (Wildman–Crippen MR) is 78.1 cm³/mol. The second-order valence-corrected chi connectivity index (χ2v) is 4.38. The van der Waals surface area contributed by atoms with Crippen LogP contribution in [0.4, 0.5) is 0 Å². The van der Waals surface area contributed by atoms with Crippen molar-refractivity contribution in [1.29, 1.82) is 0 Å². The van der Waals surface area contributed by atoms with Crippen molar-refractivity contribution in [2.45, 2.75) is 25.9 Å². The molecule has 1 rings (SSSR count). The van der Waals surface area contributed by atoms with E-state index in [-0.39, 0.29) is 6.61 Å². The summed E-state index contributed by atoms with van der Waals surface area (Å²) in [6.45, 7) is 1.90. The number of ether oxygens (including phenoxy) is 2. The number of esters is 1. The Hall–Kier alpha value is -1.83. The van der Waals surface area contributed by atoms with Crippen LogP contribution < -0.4 is 5.73 Å². The van der Waals surface area contributed by atoms with Crippen molar-refractivity contribution in [2.75, 3.05) is 19.8 Å². The lowest BCUT2D eigenvalue weighted by Crippen LogP contribution is -2.06. The average Bonchev–Trinajstić information content (AvgIpc) is 2.48. The third kappa shape index (κ3) is 6.37. The molecular weight excluding hydrogens is 254 g/mol. The SMILES string of the molecule is C#CCOC(=O)c1cccc(COCCCCCN)c1. The minimum absolute atomic E-state index is 0.0132. The van der Waals surface area contributed by atoms with Crippen LogP contribution in [0.15, 0.2) is 24.3 Å². The molecule has 0 atom stereocenters. The first-order valence-electron chi connectivity index (χ1n) is 6.75. The third-order valence-corrected chi connectivity index (χ3v) is 2.71. The van der Waals surface area contributed by atoms with Gasteiger partial charge < -0.3 is 15.2 Å². The van der Waals surface area contributed by atoms with E-state index in [1.54, 1.807) is 18.2 Å². The summed E-state index contributed by atoms with van der Waals surface area (Å²) in [6.07, 6.45) is 8.15. The number of unbranched alkanes of at least 4 members (excludes halogenated alkanes) is 2. The molecule has 0 amide bonds. The highest BCUT2D eigenvalue weighted by Crippen LogP contribution is 2.08. The smallest absolute Gasteiger partial charge is 0.339 e. The maximum atomic E-state index is 11.6. The van der Waals surface area contributed by atoms with Gasteiger partial charge >= 0.3 is 5.97 Å². The van der Waals surface area contributed by atoms with Gasteiger partial charge in [0.25, 0.3) is 0 Å². The normalized spacial score (nSPS) is 10.0. The average molecular weight is 275 g/mol. The molecule has 2 N–H and O–H groups in total. The molecule has 1 aromatic rings. The van der Waals surface area contributed by atoms with Crippen LogP contribution in [-0.2, 0) is 16.1 Å². The van der Waals surface area contributed by atoms with E-state index in [1.807, 2.05) is 6.07 Å². The molecular formula is C16H21NO3. The minimum Gasteiger partial charge on any atom is -0.449 e. The summed E-state index contributed by atoms with van der Waals surface area (Å²) < 4.78 is 10.4. The van der Waals surface area contributed by atoms with Gasteiger partial charge in [0.05, 0.1) is 12.2 Å². The van der Waals surface area contributed by atoms with Crippen LogP contribution in [-0.4, -0.2) is 25.7 Å². The van der Waals surface area contributed by atoms with Gasteiger partial charge in [0.15, 0.2) is 6.61 Å². The van der Waals surface area contributed by atoms with Crippen LogP contribution in [0.2, 0.25) is 0 Å². The number of nitrogens with two attached hydrogens (primary N) is 1. The number of carbonyl (C=O) groups is 1. The van der Waals surface area contributed by atoms with E-state index >= 15 is 0 Å². The van der Waals surface area contributed by atoms with Crippen molar-refractivity contribution >= 4 is 5.97 Å². The fourth-order valence-corrected chi connectivity index (χ4v) is 1.69. The van der Waals surface area contributed by atoms with Crippen LogP contribution in [0.25, 0.3) is 0 Å². The fraction of sp³-hybridized carbons (Fsp3) is 0.438.